The molecule has 0 aliphatic carbocycles. The van der Waals surface area contributed by atoms with E-state index in [0.717, 1.165) is 24.3 Å². The third-order valence-corrected chi connectivity index (χ3v) is 2.95. The van der Waals surface area contributed by atoms with Crippen LogP contribution < -0.4 is 10.9 Å². The molecule has 0 fully saturated rings. The molecule has 22 heavy (non-hydrogen) atoms. The normalized spacial score (nSPS) is 13.8. The second-order valence-corrected chi connectivity index (χ2v) is 4.34. The third kappa shape index (κ3) is 2.39. The molecule has 2 aromatic rings. The summed E-state index contributed by atoms with van der Waals surface area (Å²) < 4.78 is 54.5. The summed E-state index contributed by atoms with van der Waals surface area (Å²) >= 11 is 0. The molecule has 0 aromatic heterocycles. The average molecular weight is 308 g/mol. The van der Waals surface area contributed by atoms with Crippen molar-refractivity contribution in [1.29, 1.82) is 0 Å². The number of hydrogen-bond donors (Lipinski definition) is 2. The minimum Gasteiger partial charge on any atom is -0.281 e. The van der Waals surface area contributed by atoms with Gasteiger partial charge < -0.3 is 0 Å². The van der Waals surface area contributed by atoms with Crippen molar-refractivity contribution >= 4 is 11.7 Å². The van der Waals surface area contributed by atoms with Crippen LogP contribution in [-0.2, 0) is 0 Å². The minimum atomic E-state index is -0.844. The van der Waals surface area contributed by atoms with Gasteiger partial charge in [0.05, 0.1) is 11.1 Å². The Morgan fingerprint density at radius 1 is 0.591 bits per heavy atom. The van der Waals surface area contributed by atoms with E-state index in [1.54, 1.807) is 0 Å². The molecule has 112 valence electrons. The van der Waals surface area contributed by atoms with Gasteiger partial charge in [0.1, 0.15) is 23.3 Å². The van der Waals surface area contributed by atoms with Crippen molar-refractivity contribution in [3.05, 3.63) is 70.8 Å². The van der Waals surface area contributed by atoms with Crippen LogP contribution in [0.2, 0.25) is 0 Å². The molecule has 2 aromatic carbocycles. The second-order valence-electron chi connectivity index (χ2n) is 4.34. The van der Waals surface area contributed by atoms with Crippen molar-refractivity contribution in [3.63, 3.8) is 0 Å². The highest BCUT2D eigenvalue weighted by atomic mass is 19.1. The lowest BCUT2D eigenvalue weighted by atomic mass is 10.1. The predicted molar refractivity (Wildman–Crippen MR) is 72.1 cm³/mol. The fourth-order valence-corrected chi connectivity index (χ4v) is 1.94. The van der Waals surface area contributed by atoms with E-state index >= 15 is 0 Å². The Kier molecular flexibility index (Phi) is 3.50. The van der Waals surface area contributed by atoms with Crippen LogP contribution in [0.25, 0.3) is 0 Å². The first-order valence-electron chi connectivity index (χ1n) is 6.14. The van der Waals surface area contributed by atoms with Gasteiger partial charge in [-0.1, -0.05) is 12.1 Å². The van der Waals surface area contributed by atoms with Crippen LogP contribution in [0.3, 0.4) is 0 Å². The topological polar surface area (TPSA) is 48.8 Å². The quantitative estimate of drug-likeness (QED) is 0.837. The summed E-state index contributed by atoms with van der Waals surface area (Å²) in [5.74, 6) is -3.85. The van der Waals surface area contributed by atoms with Gasteiger partial charge in [0.2, 0.25) is 0 Å². The highest BCUT2D eigenvalue weighted by molar-refractivity contribution is 6.06. The lowest BCUT2D eigenvalue weighted by Gasteiger charge is -2.18. The van der Waals surface area contributed by atoms with Crippen molar-refractivity contribution in [2.75, 3.05) is 0 Å². The van der Waals surface area contributed by atoms with Gasteiger partial charge in [-0.15, -0.1) is 10.2 Å². The van der Waals surface area contributed by atoms with E-state index in [0.29, 0.717) is 0 Å². The van der Waals surface area contributed by atoms with Gasteiger partial charge in [-0.05, 0) is 24.3 Å². The molecule has 0 unspecified atom stereocenters. The van der Waals surface area contributed by atoms with Gasteiger partial charge in [0.15, 0.2) is 11.7 Å². The SMILES string of the molecule is Fc1cccc(F)c1C1=NN=C(c2c(F)cccc2F)NN1. The Hall–Kier alpha value is -2.90. The van der Waals surface area contributed by atoms with Gasteiger partial charge in [-0.25, -0.2) is 17.6 Å². The van der Waals surface area contributed by atoms with Crippen LogP contribution in [0.15, 0.2) is 46.6 Å². The molecule has 0 radical (unpaired) electrons. The number of hydrazine groups is 1. The molecular weight excluding hydrogens is 300 g/mol. The van der Waals surface area contributed by atoms with Crippen LogP contribution in [-0.4, -0.2) is 11.7 Å². The number of nitrogens with one attached hydrogen (secondary N) is 2. The summed E-state index contributed by atoms with van der Waals surface area (Å²) in [6.07, 6.45) is 0. The molecule has 1 aliphatic heterocycles. The lowest BCUT2D eigenvalue weighted by Crippen LogP contribution is -2.46. The van der Waals surface area contributed by atoms with Crippen molar-refractivity contribution in [2.24, 2.45) is 10.2 Å². The van der Waals surface area contributed by atoms with Crippen molar-refractivity contribution in [3.8, 4) is 0 Å². The molecular formula is C14H8F4N4. The second kappa shape index (κ2) is 5.47. The summed E-state index contributed by atoms with van der Waals surface area (Å²) in [4.78, 5) is 0. The van der Waals surface area contributed by atoms with Crippen LogP contribution in [0, 0.1) is 23.3 Å². The van der Waals surface area contributed by atoms with Crippen molar-refractivity contribution in [2.45, 2.75) is 0 Å². The molecule has 2 N–H and O–H groups in total. The van der Waals surface area contributed by atoms with Crippen LogP contribution >= 0.6 is 0 Å². The molecule has 4 nitrogen and oxygen atoms in total. The Balaban J connectivity index is 2.02. The summed E-state index contributed by atoms with van der Waals surface area (Å²) in [6.45, 7) is 0. The molecule has 0 spiro atoms. The van der Waals surface area contributed by atoms with E-state index in [2.05, 4.69) is 21.1 Å². The van der Waals surface area contributed by atoms with Crippen molar-refractivity contribution < 1.29 is 17.6 Å². The zero-order valence-electron chi connectivity index (χ0n) is 10.9. The van der Waals surface area contributed by atoms with Gasteiger partial charge in [0, 0.05) is 0 Å². The first-order valence-corrected chi connectivity index (χ1v) is 6.14. The van der Waals surface area contributed by atoms with Gasteiger partial charge in [-0.2, -0.15) is 0 Å². The summed E-state index contributed by atoms with van der Waals surface area (Å²) in [5.41, 5.74) is 3.90. The number of amidine groups is 2. The van der Waals surface area contributed by atoms with Crippen molar-refractivity contribution in [1.82, 2.24) is 10.9 Å². The standard InChI is InChI=1S/C14H8F4N4/c15-7-3-1-4-8(16)11(7)13-19-21-14(22-20-13)12-9(17)5-2-6-10(12)18/h1-6H,(H,19,20)(H,21,22). The van der Waals surface area contributed by atoms with E-state index in [1.165, 1.54) is 12.1 Å². The zero-order valence-corrected chi connectivity index (χ0v) is 10.9. The summed E-state index contributed by atoms with van der Waals surface area (Å²) in [6, 6.07) is 6.62. The van der Waals surface area contributed by atoms with Crippen LogP contribution in [0.4, 0.5) is 17.6 Å². The van der Waals surface area contributed by atoms with E-state index < -0.39 is 34.4 Å². The van der Waals surface area contributed by atoms with Crippen LogP contribution in [0.1, 0.15) is 11.1 Å². The number of benzene rings is 2. The molecule has 0 atom stereocenters. The first kappa shape index (κ1) is 14.1. The maximum Gasteiger partial charge on any atom is 0.180 e. The molecule has 8 heteroatoms. The minimum absolute atomic E-state index is 0.240. The molecule has 1 heterocycles. The summed E-state index contributed by atoms with van der Waals surface area (Å²) in [7, 11) is 0. The van der Waals surface area contributed by atoms with E-state index in [1.807, 2.05) is 0 Å². The number of halogens is 4. The Morgan fingerprint density at radius 2 is 0.909 bits per heavy atom. The maximum absolute atomic E-state index is 13.6. The number of nitrogens with zero attached hydrogens (tertiary/aromatic N) is 2. The highest BCUT2D eigenvalue weighted by Crippen LogP contribution is 2.16. The zero-order chi connectivity index (χ0) is 15.7. The summed E-state index contributed by atoms with van der Waals surface area (Å²) in [5, 5.41) is 7.16. The maximum atomic E-state index is 13.6. The lowest BCUT2D eigenvalue weighted by molar-refractivity contribution is 0.571. The van der Waals surface area contributed by atoms with Gasteiger partial charge in [0.25, 0.3) is 0 Å². The Labute approximate surface area is 122 Å². The third-order valence-electron chi connectivity index (χ3n) is 2.95. The number of hydrogen-bond acceptors (Lipinski definition) is 4. The molecule has 0 saturated heterocycles. The average Bonchev–Trinajstić information content (AvgIpc) is 2.48. The fraction of sp³-hybridized carbons (Fsp3) is 0. The molecule has 1 aliphatic rings. The van der Waals surface area contributed by atoms with Gasteiger partial charge >= 0.3 is 0 Å². The largest absolute Gasteiger partial charge is 0.281 e. The molecule has 0 amide bonds. The van der Waals surface area contributed by atoms with E-state index in [-0.39, 0.29) is 11.7 Å². The molecule has 3 rings (SSSR count). The molecule has 0 bridgehead atoms. The Bertz CT molecular complexity index is 693. The monoisotopic (exact) mass is 308 g/mol. The first-order chi connectivity index (χ1) is 10.6. The predicted octanol–water partition coefficient (Wildman–Crippen LogP) is 2.46. The highest BCUT2D eigenvalue weighted by Gasteiger charge is 2.21. The smallest absolute Gasteiger partial charge is 0.180 e. The Morgan fingerprint density at radius 3 is 1.18 bits per heavy atom. The fourth-order valence-electron chi connectivity index (χ4n) is 1.94. The van der Waals surface area contributed by atoms with E-state index in [9.17, 15) is 17.6 Å². The number of rotatable bonds is 2. The van der Waals surface area contributed by atoms with E-state index in [4.69, 9.17) is 0 Å². The van der Waals surface area contributed by atoms with Crippen LogP contribution in [0.5, 0.6) is 0 Å². The molecule has 0 saturated carbocycles. The van der Waals surface area contributed by atoms with Gasteiger partial charge in [-0.3, -0.25) is 10.9 Å².